The van der Waals surface area contributed by atoms with Gasteiger partial charge in [-0.1, -0.05) is 11.6 Å². The van der Waals surface area contributed by atoms with E-state index in [0.717, 1.165) is 0 Å². The summed E-state index contributed by atoms with van der Waals surface area (Å²) in [5.41, 5.74) is 9.01. The minimum atomic E-state index is -0.288. The Bertz CT molecular complexity index is 593. The number of carbonyl (C=O) groups is 1. The molecule has 0 spiro atoms. The normalized spacial score (nSPS) is 23.7. The van der Waals surface area contributed by atoms with E-state index in [2.05, 4.69) is 21.4 Å². The van der Waals surface area contributed by atoms with E-state index < -0.39 is 0 Å². The van der Waals surface area contributed by atoms with Crippen molar-refractivity contribution in [1.29, 1.82) is 0 Å². The Morgan fingerprint density at radius 2 is 2.19 bits per heavy atom. The summed E-state index contributed by atoms with van der Waals surface area (Å²) in [6.45, 7) is 2.18. The average Bonchev–Trinajstić information content (AvgIpc) is 3.07. The highest BCUT2D eigenvalue weighted by Gasteiger charge is 2.26. The fourth-order valence-electron chi connectivity index (χ4n) is 2.16. The first-order chi connectivity index (χ1) is 10.1. The number of amides is 1. The maximum atomic E-state index is 11.8. The molecular weight excluding hydrogens is 296 g/mol. The minimum Gasteiger partial charge on any atom is -0.454 e. The molecule has 0 bridgehead atoms. The standard InChI is InChI=1S/C13H15ClN4O3/c1-7-2-10(17-16-7)13(19)18-15-5-8-3-11-12(4-9(8)14)21-6-20-11/h3-5,7,10,16-17H,2,6H2,1H3,(H,18,19)/b15-5+. The van der Waals surface area contributed by atoms with Crippen LogP contribution in [0.4, 0.5) is 0 Å². The van der Waals surface area contributed by atoms with Crippen molar-refractivity contribution in [3.8, 4) is 11.5 Å². The van der Waals surface area contributed by atoms with Gasteiger partial charge in [-0.2, -0.15) is 5.10 Å². The monoisotopic (exact) mass is 310 g/mol. The van der Waals surface area contributed by atoms with Gasteiger partial charge in [-0.25, -0.2) is 10.9 Å². The number of carbonyl (C=O) groups excluding carboxylic acids is 1. The number of halogens is 1. The smallest absolute Gasteiger partial charge is 0.258 e. The van der Waals surface area contributed by atoms with E-state index >= 15 is 0 Å². The molecule has 1 aromatic rings. The molecule has 2 aliphatic heterocycles. The Balaban J connectivity index is 1.62. The summed E-state index contributed by atoms with van der Waals surface area (Å²) in [5.74, 6) is 1.03. The van der Waals surface area contributed by atoms with E-state index in [1.807, 2.05) is 6.92 Å². The summed E-state index contributed by atoms with van der Waals surface area (Å²) in [6, 6.07) is 3.35. The minimum absolute atomic E-state index is 0.182. The second-order valence-electron chi connectivity index (χ2n) is 4.94. The Hall–Kier alpha value is -1.83. The first kappa shape index (κ1) is 14.1. The van der Waals surface area contributed by atoms with Crippen LogP contribution in [0.5, 0.6) is 11.5 Å². The summed E-state index contributed by atoms with van der Waals surface area (Å²) in [6.07, 6.45) is 2.19. The van der Waals surface area contributed by atoms with E-state index in [0.29, 0.717) is 28.5 Å². The molecule has 0 aliphatic carbocycles. The van der Waals surface area contributed by atoms with Crippen LogP contribution in [0.25, 0.3) is 0 Å². The van der Waals surface area contributed by atoms with Crippen LogP contribution in [0.15, 0.2) is 17.2 Å². The highest BCUT2D eigenvalue weighted by Crippen LogP contribution is 2.36. The van der Waals surface area contributed by atoms with Crippen LogP contribution in [0, 0.1) is 0 Å². The molecule has 1 saturated heterocycles. The van der Waals surface area contributed by atoms with E-state index in [4.69, 9.17) is 21.1 Å². The zero-order valence-electron chi connectivity index (χ0n) is 11.4. The third-order valence-electron chi connectivity index (χ3n) is 3.28. The second kappa shape index (κ2) is 5.88. The highest BCUT2D eigenvalue weighted by molar-refractivity contribution is 6.33. The lowest BCUT2D eigenvalue weighted by Crippen LogP contribution is -2.41. The average molecular weight is 311 g/mol. The number of hydrazone groups is 1. The van der Waals surface area contributed by atoms with Crippen LogP contribution in [-0.2, 0) is 4.79 Å². The molecule has 2 atom stereocenters. The third kappa shape index (κ3) is 3.10. The van der Waals surface area contributed by atoms with Gasteiger partial charge < -0.3 is 9.47 Å². The first-order valence-corrected chi connectivity index (χ1v) is 6.94. The third-order valence-corrected chi connectivity index (χ3v) is 3.61. The van der Waals surface area contributed by atoms with Gasteiger partial charge in [-0.15, -0.1) is 0 Å². The Kier molecular flexibility index (Phi) is 3.96. The number of nitrogens with one attached hydrogen (secondary N) is 3. The molecule has 8 heteroatoms. The lowest BCUT2D eigenvalue weighted by molar-refractivity contribution is -0.122. The van der Waals surface area contributed by atoms with Crippen molar-refractivity contribution in [2.45, 2.75) is 25.4 Å². The molecule has 1 aromatic carbocycles. The van der Waals surface area contributed by atoms with Crippen molar-refractivity contribution >= 4 is 23.7 Å². The molecule has 1 amide bonds. The Labute approximate surface area is 126 Å². The highest BCUT2D eigenvalue weighted by atomic mass is 35.5. The number of hydrogen-bond acceptors (Lipinski definition) is 6. The molecule has 3 rings (SSSR count). The SMILES string of the molecule is CC1CC(C(=O)N/N=C/c2cc3c(cc2Cl)OCO3)NN1. The number of hydrazine groups is 1. The molecule has 2 heterocycles. The first-order valence-electron chi connectivity index (χ1n) is 6.56. The van der Waals surface area contributed by atoms with Gasteiger partial charge in [0.25, 0.3) is 5.91 Å². The van der Waals surface area contributed by atoms with Gasteiger partial charge in [0.05, 0.1) is 11.2 Å². The van der Waals surface area contributed by atoms with Crippen LogP contribution in [0.3, 0.4) is 0 Å². The Morgan fingerprint density at radius 3 is 2.90 bits per heavy atom. The van der Waals surface area contributed by atoms with E-state index in [1.54, 1.807) is 12.1 Å². The van der Waals surface area contributed by atoms with Crippen molar-refractivity contribution in [3.63, 3.8) is 0 Å². The maximum absolute atomic E-state index is 11.8. The van der Waals surface area contributed by atoms with Gasteiger partial charge in [-0.3, -0.25) is 10.2 Å². The van der Waals surface area contributed by atoms with Crippen LogP contribution in [0.2, 0.25) is 5.02 Å². The van der Waals surface area contributed by atoms with E-state index in [1.165, 1.54) is 6.21 Å². The fourth-order valence-corrected chi connectivity index (χ4v) is 2.36. The predicted octanol–water partition coefficient (Wildman–Crippen LogP) is 0.774. The molecule has 112 valence electrons. The molecule has 3 N–H and O–H groups in total. The summed E-state index contributed by atoms with van der Waals surface area (Å²) in [5, 5.41) is 4.40. The number of rotatable bonds is 3. The van der Waals surface area contributed by atoms with Gasteiger partial charge in [-0.05, 0) is 19.4 Å². The van der Waals surface area contributed by atoms with Crippen molar-refractivity contribution in [2.75, 3.05) is 6.79 Å². The van der Waals surface area contributed by atoms with Crippen LogP contribution in [-0.4, -0.2) is 31.0 Å². The topological polar surface area (TPSA) is 84.0 Å². The van der Waals surface area contributed by atoms with Crippen molar-refractivity contribution in [2.24, 2.45) is 5.10 Å². The molecule has 2 unspecified atom stereocenters. The van der Waals surface area contributed by atoms with Crippen LogP contribution in [0.1, 0.15) is 18.9 Å². The fraction of sp³-hybridized carbons (Fsp3) is 0.385. The summed E-state index contributed by atoms with van der Waals surface area (Å²) in [4.78, 5) is 11.8. The predicted molar refractivity (Wildman–Crippen MR) is 77.5 cm³/mol. The van der Waals surface area contributed by atoms with Gasteiger partial charge >= 0.3 is 0 Å². The lowest BCUT2D eigenvalue weighted by atomic mass is 10.1. The molecule has 0 aromatic heterocycles. The molecule has 2 aliphatic rings. The molecule has 0 saturated carbocycles. The summed E-state index contributed by atoms with van der Waals surface area (Å²) in [7, 11) is 0. The number of nitrogens with zero attached hydrogens (tertiary/aromatic N) is 1. The van der Waals surface area contributed by atoms with Crippen LogP contribution < -0.4 is 25.8 Å². The Morgan fingerprint density at radius 1 is 1.43 bits per heavy atom. The number of fused-ring (bicyclic) bond motifs is 1. The second-order valence-corrected chi connectivity index (χ2v) is 5.35. The zero-order valence-corrected chi connectivity index (χ0v) is 12.1. The van der Waals surface area contributed by atoms with Gasteiger partial charge in [0.15, 0.2) is 11.5 Å². The van der Waals surface area contributed by atoms with Crippen molar-refractivity contribution < 1.29 is 14.3 Å². The van der Waals surface area contributed by atoms with E-state index in [9.17, 15) is 4.79 Å². The molecular formula is C13H15ClN4O3. The molecule has 21 heavy (non-hydrogen) atoms. The number of ether oxygens (including phenoxy) is 2. The lowest BCUT2D eigenvalue weighted by Gasteiger charge is -2.06. The largest absolute Gasteiger partial charge is 0.454 e. The quantitative estimate of drug-likeness (QED) is 0.567. The molecule has 7 nitrogen and oxygen atoms in total. The van der Waals surface area contributed by atoms with Gasteiger partial charge in [0.2, 0.25) is 6.79 Å². The summed E-state index contributed by atoms with van der Waals surface area (Å²) >= 11 is 6.11. The van der Waals surface area contributed by atoms with Crippen molar-refractivity contribution in [1.82, 2.24) is 16.3 Å². The summed E-state index contributed by atoms with van der Waals surface area (Å²) < 4.78 is 10.5. The maximum Gasteiger partial charge on any atom is 0.258 e. The van der Waals surface area contributed by atoms with Gasteiger partial charge in [0, 0.05) is 17.7 Å². The van der Waals surface area contributed by atoms with Crippen molar-refractivity contribution in [3.05, 3.63) is 22.7 Å². The van der Waals surface area contributed by atoms with Crippen LogP contribution >= 0.6 is 11.6 Å². The van der Waals surface area contributed by atoms with E-state index in [-0.39, 0.29) is 24.8 Å². The zero-order chi connectivity index (χ0) is 14.8. The van der Waals surface area contributed by atoms with Gasteiger partial charge in [0.1, 0.15) is 6.04 Å². The molecule has 0 radical (unpaired) electrons. The number of hydrogen-bond donors (Lipinski definition) is 3. The number of benzene rings is 1. The molecule has 1 fully saturated rings.